The van der Waals surface area contributed by atoms with Crippen LogP contribution in [-0.2, 0) is 16.0 Å². The van der Waals surface area contributed by atoms with E-state index in [-0.39, 0.29) is 36.6 Å². The van der Waals surface area contributed by atoms with Crippen LogP contribution in [0.15, 0.2) is 12.3 Å². The molecule has 3 N–H and O–H groups in total. The van der Waals surface area contributed by atoms with Gasteiger partial charge in [-0.25, -0.2) is 4.79 Å². The predicted octanol–water partition coefficient (Wildman–Crippen LogP) is 1.07. The first kappa shape index (κ1) is 19.7. The van der Waals surface area contributed by atoms with Crippen LogP contribution in [0.25, 0.3) is 11.7 Å². The van der Waals surface area contributed by atoms with Gasteiger partial charge in [-0.1, -0.05) is 19.4 Å². The zero-order valence-corrected chi connectivity index (χ0v) is 17.3. The quantitative estimate of drug-likeness (QED) is 0.596. The minimum atomic E-state index is -0.635. The molecule has 5 rings (SSSR count). The van der Waals surface area contributed by atoms with Gasteiger partial charge in [-0.15, -0.1) is 10.2 Å². The number of aromatic nitrogens is 4. The SMILES string of the molecule is CC[C@@H]1C[C@H](NC(=O)CCC2NC(=O)NC2=O)C[C@@H]1c1nnc2cnc3c(n12)C=CC3. The summed E-state index contributed by atoms with van der Waals surface area (Å²) >= 11 is 0. The van der Waals surface area contributed by atoms with Crippen molar-refractivity contribution in [2.24, 2.45) is 5.92 Å². The lowest BCUT2D eigenvalue weighted by Crippen LogP contribution is -2.35. The minimum absolute atomic E-state index is 0.0484. The fourth-order valence-corrected chi connectivity index (χ4v) is 5.07. The molecule has 0 radical (unpaired) electrons. The van der Waals surface area contributed by atoms with Crippen molar-refractivity contribution in [1.82, 2.24) is 35.5 Å². The van der Waals surface area contributed by atoms with Crippen molar-refractivity contribution < 1.29 is 14.4 Å². The molecule has 4 atom stereocenters. The third-order valence-electron chi connectivity index (χ3n) is 6.61. The topological polar surface area (TPSA) is 130 Å². The van der Waals surface area contributed by atoms with E-state index in [1.807, 2.05) is 0 Å². The molecular weight excluding hydrogens is 398 g/mol. The third-order valence-corrected chi connectivity index (χ3v) is 6.61. The van der Waals surface area contributed by atoms with Crippen molar-refractivity contribution in [2.75, 3.05) is 0 Å². The van der Waals surface area contributed by atoms with E-state index in [0.717, 1.165) is 48.5 Å². The molecule has 2 fully saturated rings. The minimum Gasteiger partial charge on any atom is -0.353 e. The number of urea groups is 1. The summed E-state index contributed by atoms with van der Waals surface area (Å²) < 4.78 is 2.12. The van der Waals surface area contributed by atoms with Gasteiger partial charge in [-0.05, 0) is 31.3 Å². The number of carbonyl (C=O) groups excluding carboxylic acids is 3. The van der Waals surface area contributed by atoms with E-state index in [1.165, 1.54) is 0 Å². The second kappa shape index (κ2) is 7.75. The summed E-state index contributed by atoms with van der Waals surface area (Å²) in [6.07, 6.45) is 9.92. The Kier molecular flexibility index (Phi) is 4.91. The average molecular weight is 423 g/mol. The molecule has 162 valence electrons. The van der Waals surface area contributed by atoms with Gasteiger partial charge in [0, 0.05) is 24.8 Å². The van der Waals surface area contributed by atoms with Gasteiger partial charge < -0.3 is 10.6 Å². The van der Waals surface area contributed by atoms with Gasteiger partial charge in [-0.2, -0.15) is 0 Å². The lowest BCUT2D eigenvalue weighted by atomic mass is 9.93. The summed E-state index contributed by atoms with van der Waals surface area (Å²) in [4.78, 5) is 39.8. The Morgan fingerprint density at radius 1 is 1.29 bits per heavy atom. The Morgan fingerprint density at radius 2 is 2.16 bits per heavy atom. The lowest BCUT2D eigenvalue weighted by Gasteiger charge is -2.16. The van der Waals surface area contributed by atoms with Gasteiger partial charge >= 0.3 is 6.03 Å². The summed E-state index contributed by atoms with van der Waals surface area (Å²) in [6.45, 7) is 2.17. The van der Waals surface area contributed by atoms with Crippen LogP contribution in [-0.4, -0.2) is 49.5 Å². The third kappa shape index (κ3) is 3.55. The molecule has 31 heavy (non-hydrogen) atoms. The molecule has 10 heteroatoms. The number of fused-ring (bicyclic) bond motifs is 3. The maximum atomic E-state index is 12.5. The molecule has 4 amide bonds. The number of allylic oxidation sites excluding steroid dienone is 1. The summed E-state index contributed by atoms with van der Waals surface area (Å²) in [6, 6.07) is -1.09. The van der Waals surface area contributed by atoms with Gasteiger partial charge in [0.25, 0.3) is 5.91 Å². The van der Waals surface area contributed by atoms with Crippen LogP contribution in [0.1, 0.15) is 62.2 Å². The number of nitrogens with one attached hydrogen (secondary N) is 3. The first-order chi connectivity index (χ1) is 15.0. The smallest absolute Gasteiger partial charge is 0.322 e. The second-order valence-corrected chi connectivity index (χ2v) is 8.51. The van der Waals surface area contributed by atoms with Crippen LogP contribution < -0.4 is 16.0 Å². The molecule has 1 saturated carbocycles. The molecule has 10 nitrogen and oxygen atoms in total. The molecule has 1 aliphatic heterocycles. The average Bonchev–Trinajstić information content (AvgIpc) is 3.50. The van der Waals surface area contributed by atoms with E-state index in [1.54, 1.807) is 6.20 Å². The predicted molar refractivity (Wildman–Crippen MR) is 111 cm³/mol. The van der Waals surface area contributed by atoms with Crippen LogP contribution in [0.4, 0.5) is 4.79 Å². The fraction of sp³-hybridized carbons (Fsp3) is 0.524. The zero-order valence-electron chi connectivity index (χ0n) is 17.3. The van der Waals surface area contributed by atoms with Gasteiger partial charge in [0.05, 0.1) is 17.6 Å². The van der Waals surface area contributed by atoms with Gasteiger partial charge in [0.15, 0.2) is 5.65 Å². The van der Waals surface area contributed by atoms with Crippen molar-refractivity contribution >= 4 is 29.6 Å². The number of imide groups is 1. The molecule has 1 unspecified atom stereocenters. The van der Waals surface area contributed by atoms with Gasteiger partial charge in [0.1, 0.15) is 11.9 Å². The number of rotatable bonds is 6. The molecule has 0 aromatic carbocycles. The molecule has 2 aromatic heterocycles. The molecule has 3 aliphatic rings. The summed E-state index contributed by atoms with van der Waals surface area (Å²) in [7, 11) is 0. The van der Waals surface area contributed by atoms with Crippen molar-refractivity contribution in [3.63, 3.8) is 0 Å². The van der Waals surface area contributed by atoms with E-state index in [9.17, 15) is 14.4 Å². The summed E-state index contributed by atoms with van der Waals surface area (Å²) in [5, 5.41) is 16.7. The molecule has 2 aliphatic carbocycles. The van der Waals surface area contributed by atoms with E-state index < -0.39 is 12.1 Å². The first-order valence-electron chi connectivity index (χ1n) is 10.8. The fourth-order valence-electron chi connectivity index (χ4n) is 5.07. The largest absolute Gasteiger partial charge is 0.353 e. The second-order valence-electron chi connectivity index (χ2n) is 8.51. The monoisotopic (exact) mass is 423 g/mol. The molecule has 0 spiro atoms. The molecule has 0 bridgehead atoms. The Morgan fingerprint density at radius 3 is 2.94 bits per heavy atom. The molecule has 3 heterocycles. The highest BCUT2D eigenvalue weighted by Crippen LogP contribution is 2.41. The number of hydrogen-bond acceptors (Lipinski definition) is 6. The van der Waals surface area contributed by atoms with Crippen LogP contribution in [0, 0.1) is 5.92 Å². The Balaban J connectivity index is 1.27. The van der Waals surface area contributed by atoms with E-state index in [0.29, 0.717) is 5.92 Å². The highest BCUT2D eigenvalue weighted by atomic mass is 16.2. The standard InChI is InChI=1S/C21H25N7O3/c1-2-11-8-12(23-18(29)7-6-15-20(30)25-21(31)24-15)9-13(11)19-27-26-17-10-22-14-4-3-5-16(14)28(17)19/h3,5,10-13,15H,2,4,6-9H2,1H3,(H,23,29)(H2,24,25,30,31)/t11-,12+,13+,15?/m1/s1. The molecule has 2 aromatic rings. The number of nitrogens with zero attached hydrogens (tertiary/aromatic N) is 4. The summed E-state index contributed by atoms with van der Waals surface area (Å²) in [5.74, 6) is 1.06. The van der Waals surface area contributed by atoms with E-state index in [2.05, 4.69) is 54.6 Å². The Bertz CT molecular complexity index is 1090. The maximum absolute atomic E-state index is 12.5. The van der Waals surface area contributed by atoms with Crippen molar-refractivity contribution in [2.45, 2.75) is 63.5 Å². The maximum Gasteiger partial charge on any atom is 0.322 e. The Labute approximate surface area is 178 Å². The summed E-state index contributed by atoms with van der Waals surface area (Å²) in [5.41, 5.74) is 2.84. The van der Waals surface area contributed by atoms with Crippen LogP contribution >= 0.6 is 0 Å². The van der Waals surface area contributed by atoms with Crippen LogP contribution in [0.2, 0.25) is 0 Å². The van der Waals surface area contributed by atoms with Crippen molar-refractivity contribution in [1.29, 1.82) is 0 Å². The molecule has 1 saturated heterocycles. The van der Waals surface area contributed by atoms with Gasteiger partial charge in [0.2, 0.25) is 5.91 Å². The number of hydrogen-bond donors (Lipinski definition) is 3. The van der Waals surface area contributed by atoms with E-state index >= 15 is 0 Å². The highest BCUT2D eigenvalue weighted by Gasteiger charge is 2.38. The molecular formula is C21H25N7O3. The van der Waals surface area contributed by atoms with Crippen LogP contribution in [0.5, 0.6) is 0 Å². The lowest BCUT2D eigenvalue weighted by molar-refractivity contribution is -0.122. The van der Waals surface area contributed by atoms with Gasteiger partial charge in [-0.3, -0.25) is 24.3 Å². The van der Waals surface area contributed by atoms with Crippen molar-refractivity contribution in [3.05, 3.63) is 29.5 Å². The zero-order chi connectivity index (χ0) is 21.5. The van der Waals surface area contributed by atoms with Crippen LogP contribution in [0.3, 0.4) is 0 Å². The number of carbonyl (C=O) groups is 3. The van der Waals surface area contributed by atoms with E-state index in [4.69, 9.17) is 0 Å². The van der Waals surface area contributed by atoms with Crippen molar-refractivity contribution in [3.8, 4) is 0 Å². The number of amides is 4. The Hall–Kier alpha value is -3.30. The first-order valence-corrected chi connectivity index (χ1v) is 10.8. The normalized spacial score (nSPS) is 26.9. The highest BCUT2D eigenvalue weighted by molar-refractivity contribution is 6.04.